The summed E-state index contributed by atoms with van der Waals surface area (Å²) in [4.78, 5) is 11.1. The van der Waals surface area contributed by atoms with Gasteiger partial charge >= 0.3 is 5.97 Å². The van der Waals surface area contributed by atoms with Gasteiger partial charge in [-0.25, -0.2) is 0 Å². The van der Waals surface area contributed by atoms with Crippen LogP contribution in [0.5, 0.6) is 0 Å². The number of aliphatic hydroxyl groups excluding tert-OH is 2. The van der Waals surface area contributed by atoms with Crippen LogP contribution in [0.15, 0.2) is 0 Å². The van der Waals surface area contributed by atoms with Crippen molar-refractivity contribution in [2.75, 3.05) is 0 Å². The number of aliphatic hydroxyl groups is 2. The van der Waals surface area contributed by atoms with Gasteiger partial charge in [0, 0.05) is 36.0 Å². The molecular weight excluding hydrogens is 391 g/mol. The Kier molecular flexibility index (Phi) is 8.59. The predicted molar refractivity (Wildman–Crippen MR) is 118 cm³/mol. The summed E-state index contributed by atoms with van der Waals surface area (Å²) >= 11 is 0. The molecule has 4 rings (SSSR count). The van der Waals surface area contributed by atoms with Gasteiger partial charge in [0.1, 0.15) is 0 Å². The number of rotatable bonds is 4. The molecule has 0 spiro atoms. The minimum atomic E-state index is -0.707. The molecule has 0 aromatic rings. The smallest absolute Gasteiger partial charge is 0.303 e. The third-order valence-electron chi connectivity index (χ3n) is 10.3. The summed E-state index contributed by atoms with van der Waals surface area (Å²) in [7, 11) is 0. The van der Waals surface area contributed by atoms with E-state index < -0.39 is 5.97 Å². The topological polar surface area (TPSA) is 109 Å². The van der Waals surface area contributed by atoms with Crippen LogP contribution in [0.4, 0.5) is 0 Å². The van der Waals surface area contributed by atoms with Crippen molar-refractivity contribution in [3.63, 3.8) is 0 Å². The molecule has 4 fully saturated rings. The van der Waals surface area contributed by atoms with Gasteiger partial charge in [-0.3, -0.25) is 4.79 Å². The number of carboxylic acids is 1. The van der Waals surface area contributed by atoms with Crippen LogP contribution in [-0.4, -0.2) is 68.5 Å². The van der Waals surface area contributed by atoms with E-state index in [-0.39, 0.29) is 64.5 Å². The zero-order valence-electron chi connectivity index (χ0n) is 19.4. The van der Waals surface area contributed by atoms with Crippen LogP contribution in [0.25, 0.3) is 0 Å². The van der Waals surface area contributed by atoms with Gasteiger partial charge in [-0.1, -0.05) is 20.8 Å². The van der Waals surface area contributed by atoms with Crippen LogP contribution in [-0.2, 0) is 4.79 Å². The molecule has 0 aromatic heterocycles. The second-order valence-electron chi connectivity index (χ2n) is 11.3. The van der Waals surface area contributed by atoms with E-state index in [4.69, 9.17) is 5.11 Å². The Balaban J connectivity index is 0.00000160. The van der Waals surface area contributed by atoms with Gasteiger partial charge in [-0.15, -0.1) is 0 Å². The van der Waals surface area contributed by atoms with Gasteiger partial charge in [0.15, 0.2) is 0 Å². The Morgan fingerprint density at radius 3 is 2.40 bits per heavy atom. The largest absolute Gasteiger partial charge is 0.481 e. The normalized spacial score (nSPS) is 48.2. The SMILES string of the molecule is CC(CCC(=O)O)C1CCC2C3CCC4CC(O)CCC4(C)C3CC(O)C12C.O.[Na]. The van der Waals surface area contributed by atoms with Crippen molar-refractivity contribution < 1.29 is 25.6 Å². The zero-order valence-corrected chi connectivity index (χ0v) is 21.4. The molecule has 0 aromatic carbocycles. The quantitative estimate of drug-likeness (QED) is 0.591. The Morgan fingerprint density at radius 1 is 1.03 bits per heavy atom. The van der Waals surface area contributed by atoms with E-state index in [1.165, 1.54) is 19.3 Å². The Hall–Kier alpha value is 0.350. The van der Waals surface area contributed by atoms with Gasteiger partial charge in [0.25, 0.3) is 0 Å². The molecule has 10 unspecified atom stereocenters. The molecular formula is C24H42NaO5. The fraction of sp³-hybridized carbons (Fsp3) is 0.958. The van der Waals surface area contributed by atoms with Crippen LogP contribution >= 0.6 is 0 Å². The minimum absolute atomic E-state index is 0. The molecule has 5 nitrogen and oxygen atoms in total. The van der Waals surface area contributed by atoms with Gasteiger partial charge in [0.05, 0.1) is 12.2 Å². The third kappa shape index (κ3) is 4.17. The van der Waals surface area contributed by atoms with Gasteiger partial charge < -0.3 is 20.8 Å². The number of aliphatic carboxylic acids is 1. The first-order valence-corrected chi connectivity index (χ1v) is 11.8. The van der Waals surface area contributed by atoms with Crippen molar-refractivity contribution in [1.82, 2.24) is 0 Å². The summed E-state index contributed by atoms with van der Waals surface area (Å²) in [5.41, 5.74) is 0.216. The van der Waals surface area contributed by atoms with Crippen molar-refractivity contribution >= 4 is 35.5 Å². The maximum Gasteiger partial charge on any atom is 0.303 e. The summed E-state index contributed by atoms with van der Waals surface area (Å²) in [5.74, 6) is 2.55. The van der Waals surface area contributed by atoms with Gasteiger partial charge in [0.2, 0.25) is 0 Å². The van der Waals surface area contributed by atoms with Crippen molar-refractivity contribution in [2.24, 2.45) is 46.3 Å². The molecule has 169 valence electrons. The van der Waals surface area contributed by atoms with E-state index in [0.29, 0.717) is 35.5 Å². The predicted octanol–water partition coefficient (Wildman–Crippen LogP) is 3.27. The number of carbonyl (C=O) groups is 1. The van der Waals surface area contributed by atoms with Crippen LogP contribution in [0.2, 0.25) is 0 Å². The zero-order chi connectivity index (χ0) is 20.3. The van der Waals surface area contributed by atoms with Crippen molar-refractivity contribution in [2.45, 2.75) is 97.2 Å². The summed E-state index contributed by atoms with van der Waals surface area (Å²) in [6.45, 7) is 6.99. The van der Waals surface area contributed by atoms with E-state index in [1.54, 1.807) is 0 Å². The Bertz CT molecular complexity index is 614. The van der Waals surface area contributed by atoms with Crippen molar-refractivity contribution in [3.8, 4) is 0 Å². The van der Waals surface area contributed by atoms with Crippen LogP contribution < -0.4 is 0 Å². The standard InChI is InChI=1S/C24H40O4.Na.H2O/c1-14(4-9-22(27)28)18-7-8-19-17-6-5-15-12-16(25)10-11-23(15,2)20(17)13-21(26)24(18,19)3;;/h14-21,25-26H,4-13H2,1-3H3,(H,27,28);;1H2. The van der Waals surface area contributed by atoms with E-state index in [1.807, 2.05) is 0 Å². The summed E-state index contributed by atoms with van der Waals surface area (Å²) < 4.78 is 0. The molecule has 6 heteroatoms. The maximum absolute atomic E-state index is 11.5. The fourth-order valence-corrected chi connectivity index (χ4v) is 8.71. The number of hydrogen-bond donors (Lipinski definition) is 3. The molecule has 4 aliphatic carbocycles. The fourth-order valence-electron chi connectivity index (χ4n) is 8.71. The Morgan fingerprint density at radius 2 is 1.73 bits per heavy atom. The van der Waals surface area contributed by atoms with E-state index in [2.05, 4.69) is 20.8 Å². The van der Waals surface area contributed by atoms with E-state index in [0.717, 1.165) is 38.5 Å². The average Bonchev–Trinajstić information content (AvgIpc) is 3.00. The summed E-state index contributed by atoms with van der Waals surface area (Å²) in [6.07, 6.45) is 9.26. The first-order chi connectivity index (χ1) is 13.2. The van der Waals surface area contributed by atoms with Crippen molar-refractivity contribution in [1.29, 1.82) is 0 Å². The van der Waals surface area contributed by atoms with E-state index >= 15 is 0 Å². The molecule has 5 N–H and O–H groups in total. The first kappa shape index (κ1) is 26.6. The molecule has 0 saturated heterocycles. The van der Waals surface area contributed by atoms with Crippen molar-refractivity contribution in [3.05, 3.63) is 0 Å². The second-order valence-corrected chi connectivity index (χ2v) is 11.3. The molecule has 10 atom stereocenters. The molecule has 30 heavy (non-hydrogen) atoms. The molecule has 0 aliphatic heterocycles. The number of carboxylic acid groups (broad SMARTS) is 1. The summed E-state index contributed by atoms with van der Waals surface area (Å²) in [6, 6.07) is 0. The minimum Gasteiger partial charge on any atom is -0.481 e. The number of hydrogen-bond acceptors (Lipinski definition) is 3. The Labute approximate surface area is 204 Å². The average molecular weight is 434 g/mol. The van der Waals surface area contributed by atoms with Gasteiger partial charge in [-0.2, -0.15) is 0 Å². The third-order valence-corrected chi connectivity index (χ3v) is 10.3. The first-order valence-electron chi connectivity index (χ1n) is 11.8. The molecule has 0 bridgehead atoms. The van der Waals surface area contributed by atoms with Crippen LogP contribution in [0.3, 0.4) is 0 Å². The molecule has 1 radical (unpaired) electrons. The van der Waals surface area contributed by atoms with Crippen LogP contribution in [0, 0.1) is 46.3 Å². The molecule has 4 aliphatic rings. The second kappa shape index (κ2) is 9.69. The molecule has 0 heterocycles. The van der Waals surface area contributed by atoms with Crippen LogP contribution in [0.1, 0.15) is 85.0 Å². The summed E-state index contributed by atoms with van der Waals surface area (Å²) in [5, 5.41) is 30.8. The molecule has 4 saturated carbocycles. The monoisotopic (exact) mass is 433 g/mol. The molecule has 0 amide bonds. The van der Waals surface area contributed by atoms with Gasteiger partial charge in [-0.05, 0) is 104 Å². The maximum atomic E-state index is 11.5. The van der Waals surface area contributed by atoms with E-state index in [9.17, 15) is 15.0 Å². The number of fused-ring (bicyclic) bond motifs is 5.